The average molecular weight is 323 g/mol. The van der Waals surface area contributed by atoms with Gasteiger partial charge in [-0.05, 0) is 28.1 Å². The first kappa shape index (κ1) is 14.1. The van der Waals surface area contributed by atoms with Gasteiger partial charge in [0.15, 0.2) is 0 Å². The van der Waals surface area contributed by atoms with Gasteiger partial charge in [0.2, 0.25) is 0 Å². The van der Waals surface area contributed by atoms with Crippen LogP contribution in [0.2, 0.25) is 0 Å². The fourth-order valence-corrected chi connectivity index (χ4v) is 1.77. The van der Waals surface area contributed by atoms with Gasteiger partial charge in [0.1, 0.15) is 11.3 Å². The van der Waals surface area contributed by atoms with E-state index in [-0.39, 0.29) is 4.47 Å². The number of alkyl halides is 6. The summed E-state index contributed by atoms with van der Waals surface area (Å²) in [5.41, 5.74) is -3.60. The Morgan fingerprint density at radius 2 is 1.53 bits per heavy atom. The van der Waals surface area contributed by atoms with Crippen LogP contribution in [0, 0.1) is 0 Å². The highest BCUT2D eigenvalue weighted by Gasteiger charge is 2.46. The van der Waals surface area contributed by atoms with Crippen molar-refractivity contribution in [1.29, 1.82) is 0 Å². The second kappa shape index (κ2) is 4.40. The molecule has 0 aromatic heterocycles. The summed E-state index contributed by atoms with van der Waals surface area (Å²) in [5.74, 6) is -0.882. The maximum atomic E-state index is 12.6. The quantitative estimate of drug-likeness (QED) is 0.692. The zero-order valence-electron chi connectivity index (χ0n) is 8.21. The van der Waals surface area contributed by atoms with Crippen molar-refractivity contribution in [2.24, 2.45) is 0 Å². The van der Waals surface area contributed by atoms with Crippen LogP contribution in [0.3, 0.4) is 0 Å². The SMILES string of the molecule is COc1c(Br)ccc(C(F)(F)F)c1C(F)(F)F. The predicted octanol–water partition coefficient (Wildman–Crippen LogP) is 4.50. The molecule has 0 amide bonds. The predicted molar refractivity (Wildman–Crippen MR) is 50.7 cm³/mol. The molecule has 0 fully saturated rings. The second-order valence-electron chi connectivity index (χ2n) is 3.00. The highest BCUT2D eigenvalue weighted by molar-refractivity contribution is 9.10. The molecule has 0 heterocycles. The number of hydrogen-bond donors (Lipinski definition) is 0. The van der Waals surface area contributed by atoms with Crippen LogP contribution >= 0.6 is 15.9 Å². The summed E-state index contributed by atoms with van der Waals surface area (Å²) >= 11 is 2.71. The van der Waals surface area contributed by atoms with Gasteiger partial charge >= 0.3 is 12.4 Å². The molecule has 8 heteroatoms. The summed E-state index contributed by atoms with van der Waals surface area (Å²) in [6, 6.07) is 1.21. The summed E-state index contributed by atoms with van der Waals surface area (Å²) in [4.78, 5) is 0. The molecule has 17 heavy (non-hydrogen) atoms. The van der Waals surface area contributed by atoms with Crippen LogP contribution in [0.15, 0.2) is 16.6 Å². The molecule has 0 saturated heterocycles. The molecule has 1 rings (SSSR count). The molecule has 0 N–H and O–H groups in total. The number of hydrogen-bond acceptors (Lipinski definition) is 1. The standard InChI is InChI=1S/C9H5BrF6O/c1-17-7-5(10)3-2-4(8(11,12)13)6(7)9(14,15)16/h2-3H,1H3. The monoisotopic (exact) mass is 322 g/mol. The third-order valence-electron chi connectivity index (χ3n) is 1.90. The molecule has 0 saturated carbocycles. The minimum atomic E-state index is -5.15. The van der Waals surface area contributed by atoms with Gasteiger partial charge in [-0.25, -0.2) is 0 Å². The van der Waals surface area contributed by atoms with Crippen LogP contribution < -0.4 is 4.74 Å². The zero-order chi connectivity index (χ0) is 13.4. The van der Waals surface area contributed by atoms with E-state index in [1.54, 1.807) is 0 Å². The summed E-state index contributed by atoms with van der Waals surface area (Å²) < 4.78 is 79.4. The Morgan fingerprint density at radius 3 is 1.88 bits per heavy atom. The smallest absolute Gasteiger partial charge is 0.420 e. The van der Waals surface area contributed by atoms with Crippen LogP contribution in [-0.2, 0) is 12.4 Å². The normalized spacial score (nSPS) is 12.7. The van der Waals surface area contributed by atoms with Gasteiger partial charge in [-0.1, -0.05) is 0 Å². The Balaban J connectivity index is 3.64. The first-order valence-electron chi connectivity index (χ1n) is 4.10. The molecule has 96 valence electrons. The van der Waals surface area contributed by atoms with Crippen molar-refractivity contribution >= 4 is 15.9 Å². The van der Waals surface area contributed by atoms with Gasteiger partial charge in [0.25, 0.3) is 0 Å². The van der Waals surface area contributed by atoms with E-state index < -0.39 is 29.2 Å². The maximum absolute atomic E-state index is 12.6. The van der Waals surface area contributed by atoms with Crippen molar-refractivity contribution in [3.8, 4) is 5.75 Å². The fourth-order valence-electron chi connectivity index (χ4n) is 1.27. The molecule has 1 aromatic carbocycles. The summed E-state index contributed by atoms with van der Waals surface area (Å²) in [6.07, 6.45) is -10.3. The van der Waals surface area contributed by atoms with Crippen molar-refractivity contribution in [3.63, 3.8) is 0 Å². The van der Waals surface area contributed by atoms with Crippen LogP contribution in [0.25, 0.3) is 0 Å². The number of ether oxygens (including phenoxy) is 1. The zero-order valence-corrected chi connectivity index (χ0v) is 9.79. The topological polar surface area (TPSA) is 9.23 Å². The second-order valence-corrected chi connectivity index (χ2v) is 3.85. The van der Waals surface area contributed by atoms with Gasteiger partial charge in [0.05, 0.1) is 17.1 Å². The lowest BCUT2D eigenvalue weighted by Crippen LogP contribution is -2.18. The molecule has 0 radical (unpaired) electrons. The van der Waals surface area contributed by atoms with Crippen molar-refractivity contribution < 1.29 is 31.1 Å². The number of benzene rings is 1. The first-order chi connectivity index (χ1) is 7.59. The van der Waals surface area contributed by atoms with Gasteiger partial charge < -0.3 is 4.74 Å². The minimum absolute atomic E-state index is 0.194. The summed E-state index contributed by atoms with van der Waals surface area (Å²) in [5, 5.41) is 0. The highest BCUT2D eigenvalue weighted by Crippen LogP contribution is 2.47. The largest absolute Gasteiger partial charge is 0.495 e. The van der Waals surface area contributed by atoms with Crippen LogP contribution in [-0.4, -0.2) is 7.11 Å². The van der Waals surface area contributed by atoms with Gasteiger partial charge in [-0.3, -0.25) is 0 Å². The van der Waals surface area contributed by atoms with E-state index >= 15 is 0 Å². The molecular weight excluding hydrogens is 318 g/mol. The molecule has 0 aliphatic carbocycles. The van der Waals surface area contributed by atoms with E-state index in [4.69, 9.17) is 0 Å². The Labute approximate surface area is 101 Å². The molecule has 0 spiro atoms. The van der Waals surface area contributed by atoms with E-state index in [1.807, 2.05) is 0 Å². The lowest BCUT2D eigenvalue weighted by molar-refractivity contribution is -0.163. The lowest BCUT2D eigenvalue weighted by atomic mass is 10.1. The fraction of sp³-hybridized carbons (Fsp3) is 0.333. The van der Waals surface area contributed by atoms with Crippen molar-refractivity contribution in [2.75, 3.05) is 7.11 Å². The molecule has 1 aromatic rings. The third kappa shape index (κ3) is 2.85. The van der Waals surface area contributed by atoms with Crippen molar-refractivity contribution in [3.05, 3.63) is 27.7 Å². The van der Waals surface area contributed by atoms with E-state index in [1.165, 1.54) is 0 Å². The first-order valence-corrected chi connectivity index (χ1v) is 4.89. The number of rotatable bonds is 1. The Morgan fingerprint density at radius 1 is 1.00 bits per heavy atom. The maximum Gasteiger partial charge on any atom is 0.420 e. The van der Waals surface area contributed by atoms with E-state index in [9.17, 15) is 26.3 Å². The minimum Gasteiger partial charge on any atom is -0.495 e. The number of methoxy groups -OCH3 is 1. The molecule has 0 aliphatic rings. The van der Waals surface area contributed by atoms with Crippen molar-refractivity contribution in [1.82, 2.24) is 0 Å². The Kier molecular flexibility index (Phi) is 3.66. The van der Waals surface area contributed by atoms with Crippen molar-refractivity contribution in [2.45, 2.75) is 12.4 Å². The summed E-state index contributed by atoms with van der Waals surface area (Å²) in [7, 11) is 0.871. The molecule has 0 unspecified atom stereocenters. The van der Waals surface area contributed by atoms with Crippen LogP contribution in [0.1, 0.15) is 11.1 Å². The third-order valence-corrected chi connectivity index (χ3v) is 2.53. The summed E-state index contributed by atoms with van der Waals surface area (Å²) in [6.45, 7) is 0. The van der Waals surface area contributed by atoms with E-state index in [0.29, 0.717) is 6.07 Å². The molecule has 0 aliphatic heterocycles. The molecule has 1 nitrogen and oxygen atoms in total. The van der Waals surface area contributed by atoms with Gasteiger partial charge in [0, 0.05) is 0 Å². The van der Waals surface area contributed by atoms with Crippen LogP contribution in [0.5, 0.6) is 5.75 Å². The number of halogens is 7. The Bertz CT molecular complexity index is 423. The molecule has 0 bridgehead atoms. The van der Waals surface area contributed by atoms with Gasteiger partial charge in [-0.2, -0.15) is 26.3 Å². The van der Waals surface area contributed by atoms with E-state index in [2.05, 4.69) is 20.7 Å². The highest BCUT2D eigenvalue weighted by atomic mass is 79.9. The Hall–Kier alpha value is -0.920. The van der Waals surface area contributed by atoms with E-state index in [0.717, 1.165) is 13.2 Å². The molecule has 0 atom stereocenters. The molecular formula is C9H5BrF6O. The average Bonchev–Trinajstić information content (AvgIpc) is 2.13. The van der Waals surface area contributed by atoms with Gasteiger partial charge in [-0.15, -0.1) is 0 Å². The lowest BCUT2D eigenvalue weighted by Gasteiger charge is -2.19. The van der Waals surface area contributed by atoms with Crippen LogP contribution in [0.4, 0.5) is 26.3 Å².